The molecule has 0 amide bonds. The summed E-state index contributed by atoms with van der Waals surface area (Å²) in [6, 6.07) is 0. The van der Waals surface area contributed by atoms with Crippen LogP contribution in [0.4, 0.5) is 30.7 Å². The Bertz CT molecular complexity index is 358. The number of alkyl halides is 7. The second kappa shape index (κ2) is 2.34. The molecule has 0 aromatic heterocycles. The fourth-order valence-electron chi connectivity index (χ4n) is 0.845. The van der Waals surface area contributed by atoms with Crippen molar-refractivity contribution in [3.8, 4) is 0 Å². The highest BCUT2D eigenvalue weighted by Gasteiger charge is 2.88. The molecule has 1 rings (SSSR count). The predicted molar refractivity (Wildman–Crippen MR) is 28.7 cm³/mol. The molecule has 1 saturated heterocycles. The molecule has 0 aromatic rings. The number of hydrogen-bond acceptors (Lipinski definition) is 2. The van der Waals surface area contributed by atoms with E-state index in [1.807, 2.05) is 0 Å². The Kier molecular flexibility index (Phi) is 1.93. The first-order valence-corrected chi connectivity index (χ1v) is 4.40. The zero-order valence-corrected chi connectivity index (χ0v) is 6.76. The maximum atomic E-state index is 12.2. The van der Waals surface area contributed by atoms with Gasteiger partial charge in [-0.25, -0.2) is 12.8 Å². The molecule has 1 heterocycles. The van der Waals surface area contributed by atoms with Crippen molar-refractivity contribution in [2.45, 2.75) is 22.6 Å². The van der Waals surface area contributed by atoms with Gasteiger partial charge in [0.2, 0.25) is 6.17 Å². The average molecular weight is 246 g/mol. The number of halogens is 7. The van der Waals surface area contributed by atoms with Gasteiger partial charge in [-0.2, -0.15) is 26.3 Å². The summed E-state index contributed by atoms with van der Waals surface area (Å²) in [6.07, 6.45) is -4.74. The van der Waals surface area contributed by atoms with Crippen LogP contribution in [0.3, 0.4) is 0 Å². The first-order valence-electron chi connectivity index (χ1n) is 2.92. The van der Waals surface area contributed by atoms with E-state index in [0.29, 0.717) is 0 Å². The minimum Gasteiger partial charge on any atom is -0.232 e. The number of rotatable bonds is 0. The average Bonchev–Trinajstić information content (AvgIpc) is 2.05. The van der Waals surface area contributed by atoms with E-state index >= 15 is 0 Å². The van der Waals surface area contributed by atoms with Crippen molar-refractivity contribution in [1.29, 1.82) is 0 Å². The Labute approximate surface area is 72.6 Å². The minimum atomic E-state index is -6.85. The van der Waals surface area contributed by atoms with Gasteiger partial charge in [0.05, 0.1) is 0 Å². The van der Waals surface area contributed by atoms with E-state index in [9.17, 15) is 39.2 Å². The Balaban J connectivity index is 3.55. The monoisotopic (exact) mass is 246 g/mol. The van der Waals surface area contributed by atoms with E-state index in [0.717, 1.165) is 0 Å². The first-order chi connectivity index (χ1) is 5.90. The largest absolute Gasteiger partial charge is 0.416 e. The van der Waals surface area contributed by atoms with Crippen LogP contribution in [-0.4, -0.2) is 31.0 Å². The summed E-state index contributed by atoms with van der Waals surface area (Å²) in [6.45, 7) is 0. The third-order valence-corrected chi connectivity index (χ3v) is 3.57. The lowest BCUT2D eigenvalue weighted by Gasteiger charge is -2.15. The topological polar surface area (TPSA) is 34.1 Å². The van der Waals surface area contributed by atoms with Gasteiger partial charge < -0.3 is 0 Å². The highest BCUT2D eigenvalue weighted by atomic mass is 32.2. The summed E-state index contributed by atoms with van der Waals surface area (Å²) >= 11 is 0. The van der Waals surface area contributed by atoms with Gasteiger partial charge in [0.15, 0.2) is 0 Å². The van der Waals surface area contributed by atoms with E-state index in [4.69, 9.17) is 0 Å². The van der Waals surface area contributed by atoms with E-state index in [1.54, 1.807) is 0 Å². The third kappa shape index (κ3) is 0.848. The highest BCUT2D eigenvalue weighted by Crippen LogP contribution is 2.58. The summed E-state index contributed by atoms with van der Waals surface area (Å²) in [5, 5.41) is -11.9. The van der Waals surface area contributed by atoms with Gasteiger partial charge in [-0.1, -0.05) is 0 Å². The quantitative estimate of drug-likeness (QED) is 0.608. The van der Waals surface area contributed by atoms with Gasteiger partial charge in [0.25, 0.3) is 9.84 Å². The minimum absolute atomic E-state index is 4.74. The molecule has 1 aliphatic heterocycles. The lowest BCUT2D eigenvalue weighted by Crippen LogP contribution is -2.43. The first kappa shape index (κ1) is 11.5. The van der Waals surface area contributed by atoms with Gasteiger partial charge >= 0.3 is 16.4 Å². The van der Waals surface area contributed by atoms with Crippen molar-refractivity contribution < 1.29 is 39.2 Å². The maximum Gasteiger partial charge on any atom is 0.416 e. The SMILES string of the molecule is O=S1(=O)C(F)(F)C(F)C(F)(F)C1(F)F. The van der Waals surface area contributed by atoms with E-state index < -0.39 is 32.4 Å². The summed E-state index contributed by atoms with van der Waals surface area (Å²) in [5.74, 6) is -5.92. The van der Waals surface area contributed by atoms with Crippen molar-refractivity contribution >= 4 is 9.84 Å². The van der Waals surface area contributed by atoms with Crippen molar-refractivity contribution in [3.63, 3.8) is 0 Å². The summed E-state index contributed by atoms with van der Waals surface area (Å²) in [5.41, 5.74) is 0. The highest BCUT2D eigenvalue weighted by molar-refractivity contribution is 7.93. The molecule has 1 fully saturated rings. The Morgan fingerprint density at radius 1 is 0.929 bits per heavy atom. The van der Waals surface area contributed by atoms with Gasteiger partial charge in [-0.15, -0.1) is 0 Å². The van der Waals surface area contributed by atoms with Crippen molar-refractivity contribution in [3.05, 3.63) is 0 Å². The van der Waals surface area contributed by atoms with Crippen LogP contribution in [0.2, 0.25) is 0 Å². The van der Waals surface area contributed by atoms with Crippen LogP contribution in [0.15, 0.2) is 0 Å². The molecule has 0 radical (unpaired) electrons. The van der Waals surface area contributed by atoms with Gasteiger partial charge in [-0.05, 0) is 0 Å². The van der Waals surface area contributed by atoms with Crippen LogP contribution in [0.5, 0.6) is 0 Å². The molecule has 0 N–H and O–H groups in total. The number of sulfone groups is 1. The molecule has 10 heteroatoms. The molecule has 0 spiro atoms. The summed E-state index contributed by atoms with van der Waals surface area (Å²) in [4.78, 5) is 0. The molecule has 1 aliphatic rings. The lowest BCUT2D eigenvalue weighted by atomic mass is 10.2. The fraction of sp³-hybridized carbons (Fsp3) is 1.00. The van der Waals surface area contributed by atoms with Crippen LogP contribution >= 0.6 is 0 Å². The fourth-order valence-corrected chi connectivity index (χ4v) is 2.07. The van der Waals surface area contributed by atoms with E-state index in [2.05, 4.69) is 0 Å². The molecule has 0 saturated carbocycles. The van der Waals surface area contributed by atoms with Crippen LogP contribution in [0, 0.1) is 0 Å². The second-order valence-electron chi connectivity index (χ2n) is 2.57. The van der Waals surface area contributed by atoms with Gasteiger partial charge in [-0.3, -0.25) is 0 Å². The van der Waals surface area contributed by atoms with Crippen LogP contribution in [0.1, 0.15) is 0 Å². The normalized spacial score (nSPS) is 36.9. The molecule has 0 aliphatic carbocycles. The van der Waals surface area contributed by atoms with Crippen molar-refractivity contribution in [2.75, 3.05) is 0 Å². The molecule has 84 valence electrons. The summed E-state index contributed by atoms with van der Waals surface area (Å²) < 4.78 is 105. The summed E-state index contributed by atoms with van der Waals surface area (Å²) in [7, 11) is -6.85. The zero-order valence-electron chi connectivity index (χ0n) is 5.95. The molecule has 2 nitrogen and oxygen atoms in total. The van der Waals surface area contributed by atoms with Crippen LogP contribution in [0.25, 0.3) is 0 Å². The van der Waals surface area contributed by atoms with Gasteiger partial charge in [0, 0.05) is 0 Å². The smallest absolute Gasteiger partial charge is 0.232 e. The zero-order chi connectivity index (χ0) is 11.6. The third-order valence-electron chi connectivity index (χ3n) is 1.70. The predicted octanol–water partition coefficient (Wildman–Crippen LogP) is 1.57. The molecule has 0 aromatic carbocycles. The van der Waals surface area contributed by atoms with Crippen LogP contribution in [-0.2, 0) is 9.84 Å². The molecular weight excluding hydrogens is 245 g/mol. The van der Waals surface area contributed by atoms with E-state index in [-0.39, 0.29) is 0 Å². The molecule has 1 atom stereocenters. The Hall–Kier alpha value is -0.540. The maximum absolute atomic E-state index is 12.2. The molecule has 1 unspecified atom stereocenters. The molecular formula is C4HF7O2S. The second-order valence-corrected chi connectivity index (χ2v) is 4.63. The van der Waals surface area contributed by atoms with Crippen LogP contribution < -0.4 is 0 Å². The van der Waals surface area contributed by atoms with Crippen molar-refractivity contribution in [2.24, 2.45) is 0 Å². The van der Waals surface area contributed by atoms with E-state index in [1.165, 1.54) is 0 Å². The van der Waals surface area contributed by atoms with Gasteiger partial charge in [0.1, 0.15) is 0 Å². The Morgan fingerprint density at radius 3 is 1.36 bits per heavy atom. The molecule has 0 bridgehead atoms. The standard InChI is InChI=1S/C4HF7O2S/c5-1-2(6,7)4(10,11)14(12,13)3(1,8)9/h1H. The lowest BCUT2D eigenvalue weighted by molar-refractivity contribution is -0.201. The number of hydrogen-bond donors (Lipinski definition) is 0. The molecule has 14 heavy (non-hydrogen) atoms. The van der Waals surface area contributed by atoms with Crippen molar-refractivity contribution in [1.82, 2.24) is 0 Å². The Morgan fingerprint density at radius 2 is 1.29 bits per heavy atom.